The quantitative estimate of drug-likeness (QED) is 0.461. The lowest BCUT2D eigenvalue weighted by molar-refractivity contribution is 1.50. The summed E-state index contributed by atoms with van der Waals surface area (Å²) in [6, 6.07) is 16.7. The molecular formula is C22H32. The molecule has 0 aliphatic rings. The van der Waals surface area contributed by atoms with Crippen molar-refractivity contribution in [1.29, 1.82) is 0 Å². The van der Waals surface area contributed by atoms with E-state index in [1.807, 2.05) is 55.4 Å². The van der Waals surface area contributed by atoms with Gasteiger partial charge in [-0.15, -0.1) is 23.7 Å². The van der Waals surface area contributed by atoms with Crippen LogP contribution in [0.3, 0.4) is 0 Å². The minimum absolute atomic E-state index is 1.31. The first kappa shape index (κ1) is 24.8. The molecule has 0 atom stereocenters. The molecule has 2 aromatic rings. The molecule has 2 rings (SSSR count). The van der Waals surface area contributed by atoms with Crippen LogP contribution in [0.2, 0.25) is 0 Å². The third kappa shape index (κ3) is 15.9. The Hall–Kier alpha value is -2.18. The van der Waals surface area contributed by atoms with Crippen molar-refractivity contribution in [2.75, 3.05) is 0 Å². The van der Waals surface area contributed by atoms with Crippen LogP contribution in [0, 0.1) is 23.7 Å². The third-order valence-corrected chi connectivity index (χ3v) is 2.16. The molecule has 0 saturated carbocycles. The predicted octanol–water partition coefficient (Wildman–Crippen LogP) is 6.95. The summed E-state index contributed by atoms with van der Waals surface area (Å²) in [6.45, 7) is 15.3. The highest BCUT2D eigenvalue weighted by Gasteiger charge is 1.85. The van der Waals surface area contributed by atoms with E-state index >= 15 is 0 Å². The molecule has 0 heterocycles. The van der Waals surface area contributed by atoms with Gasteiger partial charge in [0, 0.05) is 0 Å². The van der Waals surface area contributed by atoms with E-state index in [2.05, 4.69) is 72.2 Å². The van der Waals surface area contributed by atoms with Gasteiger partial charge in [0.05, 0.1) is 0 Å². The predicted molar refractivity (Wildman–Crippen MR) is 105 cm³/mol. The van der Waals surface area contributed by atoms with E-state index < -0.39 is 0 Å². The Balaban J connectivity index is -0.000000256. The summed E-state index contributed by atoms with van der Waals surface area (Å²) >= 11 is 0. The van der Waals surface area contributed by atoms with Crippen LogP contribution < -0.4 is 0 Å². The first-order valence-corrected chi connectivity index (χ1v) is 7.90. The van der Waals surface area contributed by atoms with Gasteiger partial charge in [-0.25, -0.2) is 0 Å². The third-order valence-electron chi connectivity index (χ3n) is 2.16. The Kier molecular flexibility index (Phi) is 26.9. The number of fused-ring (bicyclic) bond motifs is 1. The Morgan fingerprint density at radius 2 is 0.636 bits per heavy atom. The van der Waals surface area contributed by atoms with E-state index in [9.17, 15) is 0 Å². The average molecular weight is 296 g/mol. The van der Waals surface area contributed by atoms with Gasteiger partial charge in [0.1, 0.15) is 0 Å². The highest BCUT2D eigenvalue weighted by molar-refractivity contribution is 5.81. The van der Waals surface area contributed by atoms with E-state index in [0.29, 0.717) is 0 Å². The van der Waals surface area contributed by atoms with Crippen LogP contribution in [-0.2, 0) is 0 Å². The second-order valence-electron chi connectivity index (χ2n) is 3.35. The van der Waals surface area contributed by atoms with Gasteiger partial charge in [0.25, 0.3) is 0 Å². The molecule has 0 aliphatic heterocycles. The first-order chi connectivity index (χ1) is 10.8. The summed E-state index contributed by atoms with van der Waals surface area (Å²) in [5, 5.41) is 2.62. The van der Waals surface area contributed by atoms with E-state index in [-0.39, 0.29) is 0 Å². The fourth-order valence-corrected chi connectivity index (χ4v) is 1.13. The van der Waals surface area contributed by atoms with Crippen molar-refractivity contribution < 1.29 is 0 Å². The average Bonchev–Trinajstić information content (AvgIpc) is 2.65. The molecule has 0 aliphatic carbocycles. The van der Waals surface area contributed by atoms with Crippen molar-refractivity contribution in [3.05, 3.63) is 48.5 Å². The lowest BCUT2D eigenvalue weighted by atomic mass is 10.1. The van der Waals surface area contributed by atoms with Gasteiger partial charge in [0.15, 0.2) is 0 Å². The number of hydrogen-bond acceptors (Lipinski definition) is 0. The molecule has 0 aromatic heterocycles. The van der Waals surface area contributed by atoms with Crippen LogP contribution >= 0.6 is 0 Å². The van der Waals surface area contributed by atoms with Gasteiger partial charge in [-0.05, 0) is 38.5 Å². The smallest absolute Gasteiger partial charge is 0.00271 e. The highest BCUT2D eigenvalue weighted by atomic mass is 13.9. The first-order valence-electron chi connectivity index (χ1n) is 7.90. The standard InChI is InChI=1S/C10H8.2C4H6.2C2H6/c1-2-6-10-8-4-3-7-9(10)5-1;2*1-3-4-2;2*1-2/h1-8H;2*1-2H3;2*1-2H3. The summed E-state index contributed by atoms with van der Waals surface area (Å²) in [5.74, 6) is 10.7. The lowest BCUT2D eigenvalue weighted by Gasteiger charge is -1.92. The second kappa shape index (κ2) is 23.9. The SMILES string of the molecule is CC.CC.CC#CC.CC#CC.c1ccc2ccccc2c1. The molecule has 0 heteroatoms. The molecule has 0 spiro atoms. The zero-order valence-electron chi connectivity index (χ0n) is 15.6. The molecule has 0 nitrogen and oxygen atoms in total. The molecule has 2 aromatic carbocycles. The fourth-order valence-electron chi connectivity index (χ4n) is 1.13. The maximum absolute atomic E-state index is 2.68. The van der Waals surface area contributed by atoms with E-state index in [0.717, 1.165) is 0 Å². The Morgan fingerprint density at radius 3 is 0.773 bits per heavy atom. The summed E-state index contributed by atoms with van der Waals surface area (Å²) in [4.78, 5) is 0. The van der Waals surface area contributed by atoms with E-state index in [4.69, 9.17) is 0 Å². The van der Waals surface area contributed by atoms with Crippen LogP contribution in [0.5, 0.6) is 0 Å². The minimum atomic E-state index is 1.31. The Labute approximate surface area is 139 Å². The molecule has 0 N–H and O–H groups in total. The van der Waals surface area contributed by atoms with Gasteiger partial charge in [-0.1, -0.05) is 76.2 Å². The number of hydrogen-bond donors (Lipinski definition) is 0. The molecule has 0 radical (unpaired) electrons. The monoisotopic (exact) mass is 296 g/mol. The molecule has 22 heavy (non-hydrogen) atoms. The van der Waals surface area contributed by atoms with Crippen molar-refractivity contribution >= 4 is 10.8 Å². The van der Waals surface area contributed by atoms with Gasteiger partial charge >= 0.3 is 0 Å². The second-order valence-corrected chi connectivity index (χ2v) is 3.35. The Bertz CT molecular complexity index is 461. The molecule has 0 unspecified atom stereocenters. The van der Waals surface area contributed by atoms with Gasteiger partial charge < -0.3 is 0 Å². The molecule has 0 amide bonds. The summed E-state index contributed by atoms with van der Waals surface area (Å²) in [7, 11) is 0. The highest BCUT2D eigenvalue weighted by Crippen LogP contribution is 2.11. The summed E-state index contributed by atoms with van der Waals surface area (Å²) in [6.07, 6.45) is 0. The minimum Gasteiger partial charge on any atom is -0.107 e. The maximum atomic E-state index is 2.68. The van der Waals surface area contributed by atoms with Crippen LogP contribution in [-0.4, -0.2) is 0 Å². The van der Waals surface area contributed by atoms with Crippen molar-refractivity contribution in [2.24, 2.45) is 0 Å². The van der Waals surface area contributed by atoms with Crippen molar-refractivity contribution in [1.82, 2.24) is 0 Å². The van der Waals surface area contributed by atoms with E-state index in [1.54, 1.807) is 0 Å². The fraction of sp³-hybridized carbons (Fsp3) is 0.364. The van der Waals surface area contributed by atoms with Gasteiger partial charge in [-0.2, -0.15) is 0 Å². The summed E-state index contributed by atoms with van der Waals surface area (Å²) < 4.78 is 0. The topological polar surface area (TPSA) is 0 Å². The molecule has 0 bridgehead atoms. The Morgan fingerprint density at radius 1 is 0.455 bits per heavy atom. The van der Waals surface area contributed by atoms with Crippen molar-refractivity contribution in [3.8, 4) is 23.7 Å². The lowest BCUT2D eigenvalue weighted by Crippen LogP contribution is -1.67. The van der Waals surface area contributed by atoms with E-state index in [1.165, 1.54) is 10.8 Å². The maximum Gasteiger partial charge on any atom is -0.00271 e. The summed E-state index contributed by atoms with van der Waals surface area (Å²) in [5.41, 5.74) is 0. The van der Waals surface area contributed by atoms with Gasteiger partial charge in [0.2, 0.25) is 0 Å². The van der Waals surface area contributed by atoms with Crippen LogP contribution in [0.25, 0.3) is 10.8 Å². The zero-order chi connectivity index (χ0) is 17.6. The molecule has 0 saturated heterocycles. The number of rotatable bonds is 0. The van der Waals surface area contributed by atoms with Crippen molar-refractivity contribution in [2.45, 2.75) is 55.4 Å². The van der Waals surface area contributed by atoms with Gasteiger partial charge in [-0.3, -0.25) is 0 Å². The molecular weight excluding hydrogens is 264 g/mol. The van der Waals surface area contributed by atoms with Crippen molar-refractivity contribution in [3.63, 3.8) is 0 Å². The zero-order valence-corrected chi connectivity index (χ0v) is 15.6. The van der Waals surface area contributed by atoms with Crippen LogP contribution in [0.15, 0.2) is 48.5 Å². The molecule has 0 fully saturated rings. The largest absolute Gasteiger partial charge is 0.107 e. The van der Waals surface area contributed by atoms with Crippen LogP contribution in [0.4, 0.5) is 0 Å². The number of benzene rings is 2. The molecule has 120 valence electrons. The van der Waals surface area contributed by atoms with Crippen LogP contribution in [0.1, 0.15) is 55.4 Å². The normalized spacial score (nSPS) is 6.36.